The highest BCUT2D eigenvalue weighted by Crippen LogP contribution is 2.14. The molecule has 1 unspecified atom stereocenters. The van der Waals surface area contributed by atoms with Gasteiger partial charge >= 0.3 is 6.18 Å². The van der Waals surface area contributed by atoms with E-state index >= 15 is 0 Å². The summed E-state index contributed by atoms with van der Waals surface area (Å²) in [5, 5.41) is 0. The van der Waals surface area contributed by atoms with Crippen molar-refractivity contribution >= 4 is 0 Å². The standard InChI is InChI=1S/C11H14F4N2O/c12-9-3-1-2-8(4-9)5-10(17-16)6-18-7-11(13,14)15/h1-4,10,17H,5-7,16H2. The molecule has 0 saturated heterocycles. The van der Waals surface area contributed by atoms with Crippen LogP contribution in [0, 0.1) is 5.82 Å². The van der Waals surface area contributed by atoms with E-state index in [1.807, 2.05) is 0 Å². The van der Waals surface area contributed by atoms with Gasteiger partial charge in [-0.1, -0.05) is 12.1 Å². The molecule has 0 bridgehead atoms. The summed E-state index contributed by atoms with van der Waals surface area (Å²) in [6.07, 6.45) is -4.08. The van der Waals surface area contributed by atoms with Crippen LogP contribution in [-0.2, 0) is 11.2 Å². The van der Waals surface area contributed by atoms with E-state index in [1.54, 1.807) is 6.07 Å². The average molecular weight is 266 g/mol. The van der Waals surface area contributed by atoms with Crippen molar-refractivity contribution in [1.82, 2.24) is 5.43 Å². The molecule has 0 aliphatic carbocycles. The molecule has 0 fully saturated rings. The van der Waals surface area contributed by atoms with Crippen molar-refractivity contribution < 1.29 is 22.3 Å². The maximum Gasteiger partial charge on any atom is 0.411 e. The van der Waals surface area contributed by atoms with Crippen LogP contribution >= 0.6 is 0 Å². The first-order chi connectivity index (χ1) is 8.40. The number of ether oxygens (including phenoxy) is 1. The maximum absolute atomic E-state index is 12.9. The Bertz CT molecular complexity index is 370. The Balaban J connectivity index is 2.42. The van der Waals surface area contributed by atoms with E-state index in [4.69, 9.17) is 5.84 Å². The molecule has 0 aromatic heterocycles. The van der Waals surface area contributed by atoms with E-state index < -0.39 is 24.6 Å². The van der Waals surface area contributed by atoms with E-state index in [-0.39, 0.29) is 13.0 Å². The van der Waals surface area contributed by atoms with Gasteiger partial charge in [-0.15, -0.1) is 0 Å². The minimum absolute atomic E-state index is 0.202. The van der Waals surface area contributed by atoms with Gasteiger partial charge in [-0.05, 0) is 24.1 Å². The molecule has 0 aliphatic heterocycles. The number of nitrogens with two attached hydrogens (primary N) is 1. The van der Waals surface area contributed by atoms with Gasteiger partial charge in [-0.3, -0.25) is 11.3 Å². The Hall–Kier alpha value is -1.18. The van der Waals surface area contributed by atoms with Crippen LogP contribution < -0.4 is 11.3 Å². The summed E-state index contributed by atoms with van der Waals surface area (Å²) in [6, 6.07) is 5.27. The molecule has 18 heavy (non-hydrogen) atoms. The summed E-state index contributed by atoms with van der Waals surface area (Å²) in [5.74, 6) is 4.80. The van der Waals surface area contributed by atoms with Crippen LogP contribution in [0.1, 0.15) is 5.56 Å². The Kier molecular flexibility index (Phi) is 5.52. The molecule has 7 heteroatoms. The maximum atomic E-state index is 12.9. The van der Waals surface area contributed by atoms with Crippen molar-refractivity contribution in [2.45, 2.75) is 18.6 Å². The normalized spacial score (nSPS) is 13.6. The van der Waals surface area contributed by atoms with Crippen molar-refractivity contribution in [3.05, 3.63) is 35.6 Å². The number of hydrazine groups is 1. The molecule has 0 amide bonds. The van der Waals surface area contributed by atoms with E-state index in [2.05, 4.69) is 10.2 Å². The van der Waals surface area contributed by atoms with Crippen LogP contribution in [0.4, 0.5) is 17.6 Å². The average Bonchev–Trinajstić information content (AvgIpc) is 2.26. The largest absolute Gasteiger partial charge is 0.411 e. The monoisotopic (exact) mass is 266 g/mol. The molecule has 0 spiro atoms. The third-order valence-corrected chi connectivity index (χ3v) is 2.19. The number of halogens is 4. The third-order valence-electron chi connectivity index (χ3n) is 2.19. The summed E-state index contributed by atoms with van der Waals surface area (Å²) >= 11 is 0. The molecule has 3 N–H and O–H groups in total. The summed E-state index contributed by atoms with van der Waals surface area (Å²) < 4.78 is 53.0. The molecular weight excluding hydrogens is 252 g/mol. The number of nitrogens with one attached hydrogen (secondary N) is 1. The molecule has 102 valence electrons. The molecule has 0 radical (unpaired) electrons. The van der Waals surface area contributed by atoms with Crippen LogP contribution in [-0.4, -0.2) is 25.4 Å². The molecule has 1 aromatic carbocycles. The molecule has 3 nitrogen and oxygen atoms in total. The first-order valence-corrected chi connectivity index (χ1v) is 5.26. The fraction of sp³-hybridized carbons (Fsp3) is 0.455. The Morgan fingerprint density at radius 3 is 2.61 bits per heavy atom. The first-order valence-electron chi connectivity index (χ1n) is 5.26. The van der Waals surface area contributed by atoms with E-state index in [0.29, 0.717) is 5.56 Å². The quantitative estimate of drug-likeness (QED) is 0.469. The predicted molar refractivity (Wildman–Crippen MR) is 58.1 cm³/mol. The van der Waals surface area contributed by atoms with Crippen molar-refractivity contribution in [1.29, 1.82) is 0 Å². The van der Waals surface area contributed by atoms with Crippen molar-refractivity contribution in [3.8, 4) is 0 Å². The minimum Gasteiger partial charge on any atom is -0.370 e. The van der Waals surface area contributed by atoms with E-state index in [1.165, 1.54) is 18.2 Å². The zero-order chi connectivity index (χ0) is 13.6. The fourth-order valence-electron chi connectivity index (χ4n) is 1.43. The number of alkyl halides is 3. The number of hydrogen-bond donors (Lipinski definition) is 2. The summed E-state index contributed by atoms with van der Waals surface area (Å²) in [7, 11) is 0. The second-order valence-corrected chi connectivity index (χ2v) is 3.83. The topological polar surface area (TPSA) is 47.3 Å². The molecular formula is C11H14F4N2O. The van der Waals surface area contributed by atoms with Gasteiger partial charge in [0.25, 0.3) is 0 Å². The number of rotatable bonds is 6. The van der Waals surface area contributed by atoms with Gasteiger partial charge in [0.15, 0.2) is 0 Å². The number of hydrogen-bond acceptors (Lipinski definition) is 3. The summed E-state index contributed by atoms with van der Waals surface area (Å²) in [4.78, 5) is 0. The molecule has 0 saturated carbocycles. The van der Waals surface area contributed by atoms with Crippen molar-refractivity contribution in [3.63, 3.8) is 0 Å². The van der Waals surface area contributed by atoms with Gasteiger partial charge in [0.1, 0.15) is 12.4 Å². The van der Waals surface area contributed by atoms with E-state index in [0.717, 1.165) is 0 Å². The second-order valence-electron chi connectivity index (χ2n) is 3.83. The third kappa shape index (κ3) is 5.95. The molecule has 0 aliphatic rings. The van der Waals surface area contributed by atoms with Crippen LogP contribution in [0.15, 0.2) is 24.3 Å². The van der Waals surface area contributed by atoms with Gasteiger partial charge in [0, 0.05) is 6.04 Å². The summed E-state index contributed by atoms with van der Waals surface area (Å²) in [5.41, 5.74) is 2.97. The van der Waals surface area contributed by atoms with Crippen molar-refractivity contribution in [2.24, 2.45) is 5.84 Å². The molecule has 1 rings (SSSR count). The van der Waals surface area contributed by atoms with Gasteiger partial charge in [-0.2, -0.15) is 13.2 Å². The lowest BCUT2D eigenvalue weighted by atomic mass is 10.1. The van der Waals surface area contributed by atoms with Crippen LogP contribution in [0.2, 0.25) is 0 Å². The zero-order valence-corrected chi connectivity index (χ0v) is 9.51. The van der Waals surface area contributed by atoms with E-state index in [9.17, 15) is 17.6 Å². The van der Waals surface area contributed by atoms with Crippen LogP contribution in [0.5, 0.6) is 0 Å². The lowest BCUT2D eigenvalue weighted by molar-refractivity contribution is -0.175. The lowest BCUT2D eigenvalue weighted by Crippen LogP contribution is -2.41. The lowest BCUT2D eigenvalue weighted by Gasteiger charge is -2.17. The highest BCUT2D eigenvalue weighted by molar-refractivity contribution is 5.17. The first kappa shape index (κ1) is 14.9. The van der Waals surface area contributed by atoms with Crippen LogP contribution in [0.25, 0.3) is 0 Å². The van der Waals surface area contributed by atoms with Gasteiger partial charge in [0.05, 0.1) is 6.61 Å². The highest BCUT2D eigenvalue weighted by Gasteiger charge is 2.27. The Labute approximate surface area is 102 Å². The zero-order valence-electron chi connectivity index (χ0n) is 9.51. The molecule has 0 heterocycles. The predicted octanol–water partition coefficient (Wildman–Crippen LogP) is 1.78. The Morgan fingerprint density at radius 1 is 1.33 bits per heavy atom. The second kappa shape index (κ2) is 6.67. The SMILES string of the molecule is NNC(COCC(F)(F)F)Cc1cccc(F)c1. The highest BCUT2D eigenvalue weighted by atomic mass is 19.4. The summed E-state index contributed by atoms with van der Waals surface area (Å²) in [6.45, 7) is -1.53. The van der Waals surface area contributed by atoms with Gasteiger partial charge < -0.3 is 4.74 Å². The Morgan fingerprint density at radius 2 is 2.06 bits per heavy atom. The fourth-order valence-corrected chi connectivity index (χ4v) is 1.43. The smallest absolute Gasteiger partial charge is 0.370 e. The molecule has 1 aromatic rings. The minimum atomic E-state index is -4.36. The molecule has 1 atom stereocenters. The van der Waals surface area contributed by atoms with Crippen molar-refractivity contribution in [2.75, 3.05) is 13.2 Å². The van der Waals surface area contributed by atoms with Gasteiger partial charge in [-0.25, -0.2) is 4.39 Å². The van der Waals surface area contributed by atoms with Gasteiger partial charge in [0.2, 0.25) is 0 Å². The number of benzene rings is 1. The van der Waals surface area contributed by atoms with Crippen LogP contribution in [0.3, 0.4) is 0 Å².